The van der Waals surface area contributed by atoms with Gasteiger partial charge in [0.1, 0.15) is 10.0 Å². The highest BCUT2D eigenvalue weighted by molar-refractivity contribution is 7.94. The Morgan fingerprint density at radius 3 is 2.50 bits per heavy atom. The van der Waals surface area contributed by atoms with Crippen molar-refractivity contribution in [1.82, 2.24) is 0 Å². The van der Waals surface area contributed by atoms with E-state index in [2.05, 4.69) is 0 Å². The van der Waals surface area contributed by atoms with Gasteiger partial charge in [0.05, 0.1) is 11.6 Å². The zero-order chi connectivity index (χ0) is 14.8. The highest BCUT2D eigenvalue weighted by Gasteiger charge is 2.27. The first kappa shape index (κ1) is 15.3. The van der Waals surface area contributed by atoms with E-state index in [0.29, 0.717) is 0 Å². The van der Waals surface area contributed by atoms with Gasteiger partial charge < -0.3 is 0 Å². The van der Waals surface area contributed by atoms with Gasteiger partial charge in [0, 0.05) is 11.4 Å². The van der Waals surface area contributed by atoms with Crippen molar-refractivity contribution < 1.29 is 12.8 Å². The van der Waals surface area contributed by atoms with Crippen molar-refractivity contribution in [3.63, 3.8) is 0 Å². The lowest BCUT2D eigenvalue weighted by atomic mass is 10.3. The molecule has 0 aliphatic heterocycles. The van der Waals surface area contributed by atoms with Gasteiger partial charge in [-0.1, -0.05) is 12.1 Å². The standard InChI is InChI=1S/C13H13ClFNO2S2/c1-2-16(12-6-4-3-5-11(12)15)20(17,18)13-8-7-10(9-14)19-13/h3-8H,2,9H2,1H3. The number of alkyl halides is 1. The van der Waals surface area contributed by atoms with Gasteiger partial charge in [-0.15, -0.1) is 22.9 Å². The Kier molecular flexibility index (Phi) is 4.67. The van der Waals surface area contributed by atoms with Crippen molar-refractivity contribution in [2.24, 2.45) is 0 Å². The molecule has 1 aromatic heterocycles. The zero-order valence-electron chi connectivity index (χ0n) is 10.7. The number of hydrogen-bond donors (Lipinski definition) is 0. The molecule has 0 atom stereocenters. The number of rotatable bonds is 5. The van der Waals surface area contributed by atoms with Crippen LogP contribution in [-0.2, 0) is 15.9 Å². The molecule has 0 saturated heterocycles. The fourth-order valence-electron chi connectivity index (χ4n) is 1.80. The van der Waals surface area contributed by atoms with E-state index >= 15 is 0 Å². The van der Waals surface area contributed by atoms with Crippen LogP contribution in [0.2, 0.25) is 0 Å². The molecule has 0 bridgehead atoms. The molecular formula is C13H13ClFNO2S2. The predicted molar refractivity (Wildman–Crippen MR) is 80.5 cm³/mol. The van der Waals surface area contributed by atoms with E-state index in [1.54, 1.807) is 19.1 Å². The minimum atomic E-state index is -3.76. The second-order valence-corrected chi connectivity index (χ2v) is 7.50. The van der Waals surface area contributed by atoms with Gasteiger partial charge in [-0.3, -0.25) is 4.31 Å². The summed E-state index contributed by atoms with van der Waals surface area (Å²) in [5, 5.41) is 0. The van der Waals surface area contributed by atoms with Crippen LogP contribution < -0.4 is 4.31 Å². The maximum absolute atomic E-state index is 13.8. The third-order valence-corrected chi connectivity index (χ3v) is 6.61. The molecule has 1 aromatic carbocycles. The van der Waals surface area contributed by atoms with E-state index in [1.165, 1.54) is 24.3 Å². The minimum absolute atomic E-state index is 0.0517. The third-order valence-electron chi connectivity index (χ3n) is 2.72. The molecule has 2 rings (SSSR count). The summed E-state index contributed by atoms with van der Waals surface area (Å²) < 4.78 is 40.2. The molecule has 0 saturated carbocycles. The molecule has 0 aliphatic carbocycles. The normalized spacial score (nSPS) is 11.6. The Morgan fingerprint density at radius 2 is 1.95 bits per heavy atom. The van der Waals surface area contributed by atoms with Crippen LogP contribution in [0, 0.1) is 5.82 Å². The van der Waals surface area contributed by atoms with Crippen molar-refractivity contribution in [1.29, 1.82) is 0 Å². The van der Waals surface area contributed by atoms with Gasteiger partial charge in [0.2, 0.25) is 0 Å². The van der Waals surface area contributed by atoms with Crippen LogP contribution in [-0.4, -0.2) is 15.0 Å². The maximum Gasteiger partial charge on any atom is 0.273 e. The molecule has 7 heteroatoms. The van der Waals surface area contributed by atoms with Gasteiger partial charge >= 0.3 is 0 Å². The molecular weight excluding hydrogens is 321 g/mol. The Bertz CT molecular complexity index is 700. The van der Waals surface area contributed by atoms with Gasteiger partial charge in [-0.2, -0.15) is 0 Å². The van der Waals surface area contributed by atoms with Crippen LogP contribution in [0.15, 0.2) is 40.6 Å². The summed E-state index contributed by atoms with van der Waals surface area (Å²) in [6.07, 6.45) is 0. The molecule has 0 amide bonds. The molecule has 0 N–H and O–H groups in total. The van der Waals surface area contributed by atoms with Gasteiger partial charge in [-0.25, -0.2) is 12.8 Å². The number of nitrogens with zero attached hydrogens (tertiary/aromatic N) is 1. The van der Waals surface area contributed by atoms with Crippen LogP contribution in [0.4, 0.5) is 10.1 Å². The van der Waals surface area contributed by atoms with Crippen LogP contribution in [0.1, 0.15) is 11.8 Å². The summed E-state index contributed by atoms with van der Waals surface area (Å²) in [4.78, 5) is 0.759. The zero-order valence-corrected chi connectivity index (χ0v) is 13.1. The number of sulfonamides is 1. The van der Waals surface area contributed by atoms with Crippen LogP contribution in [0.3, 0.4) is 0 Å². The molecule has 108 valence electrons. The number of halogens is 2. The number of hydrogen-bond acceptors (Lipinski definition) is 3. The minimum Gasteiger partial charge on any atom is -0.263 e. The molecule has 0 radical (unpaired) electrons. The number of benzene rings is 1. The van der Waals surface area contributed by atoms with Crippen molar-refractivity contribution in [3.05, 3.63) is 47.1 Å². The Labute approximate surface area is 126 Å². The summed E-state index contributed by atoms with van der Waals surface area (Å²) in [7, 11) is -3.76. The molecule has 3 nitrogen and oxygen atoms in total. The number of anilines is 1. The lowest BCUT2D eigenvalue weighted by Gasteiger charge is -2.22. The highest BCUT2D eigenvalue weighted by atomic mass is 35.5. The van der Waals surface area contributed by atoms with Gasteiger partial charge in [-0.05, 0) is 31.2 Å². The molecule has 2 aromatic rings. The van der Waals surface area contributed by atoms with Crippen molar-refractivity contribution >= 4 is 38.6 Å². The fraction of sp³-hybridized carbons (Fsp3) is 0.231. The predicted octanol–water partition coefficient (Wildman–Crippen LogP) is 3.84. The van der Waals surface area contributed by atoms with E-state index in [-0.39, 0.29) is 22.3 Å². The smallest absolute Gasteiger partial charge is 0.263 e. The summed E-state index contributed by atoms with van der Waals surface area (Å²) in [5.74, 6) is -0.307. The highest BCUT2D eigenvalue weighted by Crippen LogP contribution is 2.30. The second kappa shape index (κ2) is 6.11. The fourth-order valence-corrected chi connectivity index (χ4v) is 4.86. The summed E-state index contributed by atoms with van der Waals surface area (Å²) in [6, 6.07) is 8.99. The summed E-state index contributed by atoms with van der Waals surface area (Å²) in [5.41, 5.74) is 0.0517. The van der Waals surface area contributed by atoms with Crippen LogP contribution >= 0.6 is 22.9 Å². The van der Waals surface area contributed by atoms with Gasteiger partial charge in [0.15, 0.2) is 0 Å². The van der Waals surface area contributed by atoms with Crippen molar-refractivity contribution in [2.75, 3.05) is 10.8 Å². The van der Waals surface area contributed by atoms with E-state index in [9.17, 15) is 12.8 Å². The van der Waals surface area contributed by atoms with Gasteiger partial charge in [0.25, 0.3) is 10.0 Å². The van der Waals surface area contributed by atoms with Crippen molar-refractivity contribution in [2.45, 2.75) is 17.0 Å². The lowest BCUT2D eigenvalue weighted by molar-refractivity contribution is 0.588. The molecule has 0 aliphatic rings. The van der Waals surface area contributed by atoms with E-state index in [1.807, 2.05) is 0 Å². The SMILES string of the molecule is CCN(c1ccccc1F)S(=O)(=O)c1ccc(CCl)s1. The third kappa shape index (κ3) is 2.82. The van der Waals surface area contributed by atoms with E-state index in [0.717, 1.165) is 20.5 Å². The molecule has 1 heterocycles. The molecule has 20 heavy (non-hydrogen) atoms. The van der Waals surface area contributed by atoms with E-state index < -0.39 is 15.8 Å². The maximum atomic E-state index is 13.8. The first-order valence-corrected chi connectivity index (χ1v) is 8.71. The van der Waals surface area contributed by atoms with Crippen LogP contribution in [0.5, 0.6) is 0 Å². The Balaban J connectivity index is 2.48. The average Bonchev–Trinajstić information content (AvgIpc) is 2.91. The molecule has 0 fully saturated rings. The van der Waals surface area contributed by atoms with E-state index in [4.69, 9.17) is 11.6 Å². The summed E-state index contributed by atoms with van der Waals surface area (Å²) >= 11 is 6.79. The van der Waals surface area contributed by atoms with Crippen LogP contribution in [0.25, 0.3) is 0 Å². The Hall–Kier alpha value is -1.11. The largest absolute Gasteiger partial charge is 0.273 e. The summed E-state index contributed by atoms with van der Waals surface area (Å²) in [6.45, 7) is 1.82. The second-order valence-electron chi connectivity index (χ2n) is 3.98. The van der Waals surface area contributed by atoms with Crippen molar-refractivity contribution in [3.8, 4) is 0 Å². The number of thiophene rings is 1. The number of para-hydroxylation sites is 1. The first-order valence-electron chi connectivity index (χ1n) is 5.92. The molecule has 0 spiro atoms. The topological polar surface area (TPSA) is 37.4 Å². The molecule has 0 unspecified atom stereocenters. The average molecular weight is 334 g/mol. The Morgan fingerprint density at radius 1 is 1.25 bits per heavy atom. The lowest BCUT2D eigenvalue weighted by Crippen LogP contribution is -2.30. The first-order chi connectivity index (χ1) is 9.50. The monoisotopic (exact) mass is 333 g/mol. The quantitative estimate of drug-likeness (QED) is 0.780.